The fourth-order valence-electron chi connectivity index (χ4n) is 8.23. The molecule has 1 aromatic rings. The predicted molar refractivity (Wildman–Crippen MR) is 172 cm³/mol. The minimum atomic E-state index is -1.17. The number of aliphatic hydroxyl groups is 1. The number of carbonyl (C=O) groups is 4. The molecule has 2 bridgehead atoms. The summed E-state index contributed by atoms with van der Waals surface area (Å²) in [4.78, 5) is 59.1. The third kappa shape index (κ3) is 6.38. The number of nitrogens with zero attached hydrogens (tertiary/aromatic N) is 2. The highest BCUT2D eigenvalue weighted by atomic mass is 16.5. The lowest BCUT2D eigenvalue weighted by atomic mass is 9.70. The van der Waals surface area contributed by atoms with Gasteiger partial charge in [0.25, 0.3) is 0 Å². The summed E-state index contributed by atoms with van der Waals surface area (Å²) in [5.74, 6) is -2.98. The Morgan fingerprint density at radius 3 is 2.54 bits per heavy atom. The van der Waals surface area contributed by atoms with Gasteiger partial charge in [0, 0.05) is 19.0 Å². The molecule has 46 heavy (non-hydrogen) atoms. The summed E-state index contributed by atoms with van der Waals surface area (Å²) in [6.45, 7) is 9.43. The number of carbonyl (C=O) groups excluding carboxylic acids is 4. The van der Waals surface area contributed by atoms with Gasteiger partial charge in [0.15, 0.2) is 0 Å². The summed E-state index contributed by atoms with van der Waals surface area (Å²) in [5.41, 5.74) is -0.408. The van der Waals surface area contributed by atoms with Crippen LogP contribution in [0, 0.1) is 11.8 Å². The second kappa shape index (κ2) is 14.9. The zero-order chi connectivity index (χ0) is 32.8. The molecule has 10 nitrogen and oxygen atoms in total. The van der Waals surface area contributed by atoms with Crippen LogP contribution in [0.1, 0.15) is 82.7 Å². The van der Waals surface area contributed by atoms with Crippen molar-refractivity contribution in [2.75, 3.05) is 19.8 Å². The van der Waals surface area contributed by atoms with Gasteiger partial charge in [-0.05, 0) is 44.1 Å². The molecule has 7 atom stereocenters. The smallest absolute Gasteiger partial charge is 0.306 e. The van der Waals surface area contributed by atoms with Gasteiger partial charge in [0.05, 0.1) is 36.6 Å². The number of hydrogen-bond acceptors (Lipinski definition) is 7. The van der Waals surface area contributed by atoms with Crippen molar-refractivity contribution in [1.82, 2.24) is 15.1 Å². The van der Waals surface area contributed by atoms with Crippen molar-refractivity contribution >= 4 is 23.7 Å². The molecule has 250 valence electrons. The summed E-state index contributed by atoms with van der Waals surface area (Å²) < 4.78 is 12.2. The molecule has 5 rings (SSSR count). The highest BCUT2D eigenvalue weighted by Crippen LogP contribution is 2.59. The maximum Gasteiger partial charge on any atom is 0.306 e. The first-order valence-corrected chi connectivity index (χ1v) is 16.9. The van der Waals surface area contributed by atoms with E-state index in [4.69, 9.17) is 9.47 Å². The second-order valence-electron chi connectivity index (χ2n) is 13.1. The first-order valence-electron chi connectivity index (χ1n) is 16.9. The molecule has 3 amide bonds. The van der Waals surface area contributed by atoms with Gasteiger partial charge in [-0.3, -0.25) is 19.2 Å². The van der Waals surface area contributed by atoms with Crippen molar-refractivity contribution in [3.05, 3.63) is 61.2 Å². The number of likely N-dealkylation sites (tertiary alicyclic amines) is 1. The van der Waals surface area contributed by atoms with E-state index in [0.29, 0.717) is 32.2 Å². The van der Waals surface area contributed by atoms with Crippen LogP contribution in [0.3, 0.4) is 0 Å². The Labute approximate surface area is 272 Å². The number of hydrogen-bond donors (Lipinski definition) is 2. The number of fused-ring (bicyclic) bond motifs is 1. The molecule has 1 spiro atoms. The molecule has 1 aliphatic carbocycles. The van der Waals surface area contributed by atoms with Gasteiger partial charge < -0.3 is 29.7 Å². The van der Waals surface area contributed by atoms with Crippen LogP contribution in [0.4, 0.5) is 0 Å². The highest BCUT2D eigenvalue weighted by Gasteiger charge is 2.75. The minimum absolute atomic E-state index is 0.0411. The van der Waals surface area contributed by atoms with Crippen molar-refractivity contribution in [3.63, 3.8) is 0 Å². The molecule has 2 N–H and O–H groups in total. The fourth-order valence-corrected chi connectivity index (χ4v) is 8.23. The minimum Gasteiger partial charge on any atom is -0.463 e. The fraction of sp³-hybridized carbons (Fsp3) is 0.611. The van der Waals surface area contributed by atoms with E-state index in [1.54, 1.807) is 17.1 Å². The van der Waals surface area contributed by atoms with Crippen molar-refractivity contribution < 1.29 is 33.8 Å². The van der Waals surface area contributed by atoms with Crippen LogP contribution in [-0.4, -0.2) is 88.2 Å². The Bertz CT molecular complexity index is 1280. The van der Waals surface area contributed by atoms with Crippen molar-refractivity contribution in [1.29, 1.82) is 0 Å². The van der Waals surface area contributed by atoms with Crippen LogP contribution in [0.5, 0.6) is 0 Å². The van der Waals surface area contributed by atoms with Gasteiger partial charge in [0.2, 0.25) is 17.7 Å². The zero-order valence-corrected chi connectivity index (χ0v) is 27.0. The van der Waals surface area contributed by atoms with Crippen molar-refractivity contribution in [2.45, 2.75) is 107 Å². The van der Waals surface area contributed by atoms with Crippen molar-refractivity contribution in [3.8, 4) is 0 Å². The highest BCUT2D eigenvalue weighted by molar-refractivity contribution is 5.99. The molecule has 1 saturated carbocycles. The number of benzene rings is 1. The largest absolute Gasteiger partial charge is 0.463 e. The molecule has 10 heteroatoms. The Morgan fingerprint density at radius 1 is 1.15 bits per heavy atom. The second-order valence-corrected chi connectivity index (χ2v) is 13.1. The summed E-state index contributed by atoms with van der Waals surface area (Å²) in [5, 5.41) is 13.5. The zero-order valence-electron chi connectivity index (χ0n) is 27.0. The normalized spacial score (nSPS) is 28.3. The van der Waals surface area contributed by atoms with Gasteiger partial charge in [-0.25, -0.2) is 0 Å². The van der Waals surface area contributed by atoms with E-state index in [9.17, 15) is 24.3 Å². The number of nitrogens with one attached hydrogen (secondary N) is 1. The Morgan fingerprint density at radius 2 is 1.89 bits per heavy atom. The van der Waals surface area contributed by atoms with E-state index in [1.165, 1.54) is 0 Å². The third-order valence-electron chi connectivity index (χ3n) is 10.5. The number of aliphatic hydroxyl groups excluding tert-OH is 1. The molecular weight excluding hydrogens is 586 g/mol. The molecule has 0 unspecified atom stereocenters. The lowest BCUT2D eigenvalue weighted by Crippen LogP contribution is -2.60. The molecule has 0 radical (unpaired) electrons. The van der Waals surface area contributed by atoms with Crippen LogP contribution in [0.15, 0.2) is 55.6 Å². The number of esters is 1. The van der Waals surface area contributed by atoms with Crippen LogP contribution >= 0.6 is 0 Å². The van der Waals surface area contributed by atoms with Gasteiger partial charge >= 0.3 is 5.97 Å². The molecule has 3 saturated heterocycles. The van der Waals surface area contributed by atoms with Crippen LogP contribution in [0.25, 0.3) is 0 Å². The third-order valence-corrected chi connectivity index (χ3v) is 10.5. The van der Waals surface area contributed by atoms with Crippen LogP contribution < -0.4 is 5.32 Å². The first-order chi connectivity index (χ1) is 22.3. The maximum atomic E-state index is 14.7. The Kier molecular flexibility index (Phi) is 11.0. The van der Waals surface area contributed by atoms with E-state index in [0.717, 1.165) is 37.7 Å². The van der Waals surface area contributed by atoms with E-state index >= 15 is 0 Å². The monoisotopic (exact) mass is 635 g/mol. The Balaban J connectivity index is 1.45. The quantitative estimate of drug-likeness (QED) is 0.222. The Hall–Kier alpha value is -3.50. The summed E-state index contributed by atoms with van der Waals surface area (Å²) >= 11 is 0. The van der Waals surface area contributed by atoms with Gasteiger partial charge in [-0.1, -0.05) is 68.7 Å². The molecule has 1 aromatic carbocycles. The van der Waals surface area contributed by atoms with Gasteiger partial charge in [-0.2, -0.15) is 0 Å². The summed E-state index contributed by atoms with van der Waals surface area (Å²) in [6.07, 6.45) is 9.96. The molecule has 3 heterocycles. The van der Waals surface area contributed by atoms with E-state index in [-0.39, 0.29) is 43.4 Å². The average molecular weight is 636 g/mol. The van der Waals surface area contributed by atoms with Crippen LogP contribution in [-0.2, 0) is 28.7 Å². The number of allylic oxidation sites excluding steroid dienone is 1. The topological polar surface area (TPSA) is 125 Å². The summed E-state index contributed by atoms with van der Waals surface area (Å²) in [6, 6.07) is 7.13. The SMILES string of the molecule is C=CCCC(=O)OC[C@H](NC(=O)[C@@H]1[C@H]2C(=O)N([C@@H](CC)CO)[C@H](C(=O)N(CC=C)C3CCCCC3)[C@]23CC[C@H]1O3)c1ccccc1. The molecular formula is C36H49N3O7. The predicted octanol–water partition coefficient (Wildman–Crippen LogP) is 3.85. The van der Waals surface area contributed by atoms with Crippen molar-refractivity contribution in [2.24, 2.45) is 11.8 Å². The molecule has 4 aliphatic rings. The molecule has 0 aromatic heterocycles. The lowest BCUT2D eigenvalue weighted by Gasteiger charge is -2.42. The standard InChI is InChI=1S/C36H49N3O7/c1-4-7-18-29(41)45-23-27(24-14-10-8-11-15-24)37-33(42)30-28-19-20-36(46-28)31(30)34(43)39(25(6-3)22-40)32(36)35(44)38(21-5-2)26-16-12-9-13-17-26/h4-5,8,10-11,14-15,25-28,30-32,40H,1-2,6-7,9,12-13,16-23H2,3H3,(H,37,42)/t25-,27-,28+,30-,31-,32+,36-/m0/s1. The summed E-state index contributed by atoms with van der Waals surface area (Å²) in [7, 11) is 0. The van der Waals surface area contributed by atoms with E-state index < -0.39 is 47.6 Å². The molecule has 4 fully saturated rings. The number of amides is 3. The maximum absolute atomic E-state index is 14.7. The first kappa shape index (κ1) is 33.9. The molecule has 3 aliphatic heterocycles. The number of rotatable bonds is 15. The van der Waals surface area contributed by atoms with E-state index in [2.05, 4.69) is 18.5 Å². The average Bonchev–Trinajstić information content (AvgIpc) is 3.73. The lowest BCUT2D eigenvalue weighted by molar-refractivity contribution is -0.153. The van der Waals surface area contributed by atoms with Gasteiger partial charge in [0.1, 0.15) is 18.2 Å². The van der Waals surface area contributed by atoms with Gasteiger partial charge in [-0.15, -0.1) is 13.2 Å². The number of ether oxygens (including phenoxy) is 2. The van der Waals surface area contributed by atoms with E-state index in [1.807, 2.05) is 42.2 Å². The van der Waals surface area contributed by atoms with Crippen LogP contribution in [0.2, 0.25) is 0 Å².